The first-order chi connectivity index (χ1) is 9.62. The Balaban J connectivity index is -0.000000220. The van der Waals surface area contributed by atoms with E-state index in [-0.39, 0.29) is 0 Å². The lowest BCUT2D eigenvalue weighted by molar-refractivity contribution is 1.02. The summed E-state index contributed by atoms with van der Waals surface area (Å²) in [6.07, 6.45) is 7.81. The zero-order valence-corrected chi connectivity index (χ0v) is 13.8. The number of benzene rings is 1. The van der Waals surface area contributed by atoms with Crippen molar-refractivity contribution in [2.45, 2.75) is 20.8 Å². The molecule has 0 heterocycles. The Morgan fingerprint density at radius 2 is 1.55 bits per heavy atom. The quantitative estimate of drug-likeness (QED) is 0.567. The van der Waals surface area contributed by atoms with Crippen molar-refractivity contribution in [2.24, 2.45) is 0 Å². The van der Waals surface area contributed by atoms with Crippen LogP contribution in [-0.4, -0.2) is 14.1 Å². The molecule has 1 aromatic carbocycles. The first kappa shape index (κ1) is 23.2. The number of allylic oxidation sites excluding steroid dienone is 5. The van der Waals surface area contributed by atoms with Gasteiger partial charge in [0.15, 0.2) is 0 Å². The molecule has 112 valence electrons. The lowest BCUT2D eigenvalue weighted by Gasteiger charge is -1.82. The van der Waals surface area contributed by atoms with E-state index in [0.29, 0.717) is 0 Å². The Kier molecular flexibility index (Phi) is 26.0. The molecule has 0 aliphatic rings. The molecule has 0 aliphatic heterocycles. The van der Waals surface area contributed by atoms with Crippen molar-refractivity contribution in [2.75, 3.05) is 14.1 Å². The molecule has 1 rings (SSSR count). The van der Waals surface area contributed by atoms with E-state index in [4.69, 9.17) is 0 Å². The second-order valence-corrected chi connectivity index (χ2v) is 3.80. The molecule has 1 nitrogen and oxygen atoms in total. The maximum Gasteiger partial charge on any atom is -0.0167 e. The van der Waals surface area contributed by atoms with Crippen LogP contribution in [0.3, 0.4) is 0 Å². The lowest BCUT2D eigenvalue weighted by atomic mass is 10.2. The van der Waals surface area contributed by atoms with E-state index in [1.165, 1.54) is 11.1 Å². The van der Waals surface area contributed by atoms with Crippen molar-refractivity contribution in [1.29, 1.82) is 0 Å². The molecule has 1 heteroatoms. The summed E-state index contributed by atoms with van der Waals surface area (Å²) in [5, 5.41) is 2.75. The minimum atomic E-state index is 1.24. The third-order valence-corrected chi connectivity index (χ3v) is 1.75. The van der Waals surface area contributed by atoms with Crippen LogP contribution in [0.4, 0.5) is 0 Å². The van der Waals surface area contributed by atoms with Crippen molar-refractivity contribution >= 4 is 0 Å². The molecule has 0 atom stereocenters. The minimum Gasteiger partial charge on any atom is -0.323 e. The molecule has 0 aliphatic carbocycles. The van der Waals surface area contributed by atoms with Gasteiger partial charge in [-0.3, -0.25) is 0 Å². The predicted molar refractivity (Wildman–Crippen MR) is 96.2 cm³/mol. The van der Waals surface area contributed by atoms with Crippen molar-refractivity contribution in [1.82, 2.24) is 5.32 Å². The van der Waals surface area contributed by atoms with Gasteiger partial charge in [0.05, 0.1) is 0 Å². The Bertz CT molecular complexity index is 347. The van der Waals surface area contributed by atoms with Crippen molar-refractivity contribution in [3.63, 3.8) is 0 Å². The molecule has 0 fully saturated rings. The molecule has 0 aromatic heterocycles. The molecule has 0 radical (unpaired) electrons. The van der Waals surface area contributed by atoms with Crippen molar-refractivity contribution < 1.29 is 0 Å². The monoisotopic (exact) mass is 273 g/mol. The highest BCUT2D eigenvalue weighted by Gasteiger charge is 1.72. The van der Waals surface area contributed by atoms with Gasteiger partial charge in [-0.05, 0) is 34.9 Å². The summed E-state index contributed by atoms with van der Waals surface area (Å²) in [5.74, 6) is 0. The molecular weight excluding hydrogens is 242 g/mol. The van der Waals surface area contributed by atoms with Crippen LogP contribution in [0, 0.1) is 6.92 Å². The second kappa shape index (κ2) is 22.3. The van der Waals surface area contributed by atoms with Gasteiger partial charge in [0.2, 0.25) is 0 Å². The summed E-state index contributed by atoms with van der Waals surface area (Å²) in [4.78, 5) is 0. The number of aryl methyl sites for hydroxylation is 1. The van der Waals surface area contributed by atoms with E-state index < -0.39 is 0 Å². The summed E-state index contributed by atoms with van der Waals surface area (Å²) in [6.45, 7) is 15.7. The smallest absolute Gasteiger partial charge is 0.0167 e. The Labute approximate surface area is 126 Å². The third-order valence-electron chi connectivity index (χ3n) is 1.75. The van der Waals surface area contributed by atoms with E-state index in [1.807, 2.05) is 64.4 Å². The summed E-state index contributed by atoms with van der Waals surface area (Å²) in [5.41, 5.74) is 2.56. The Morgan fingerprint density at radius 3 is 1.80 bits per heavy atom. The van der Waals surface area contributed by atoms with E-state index in [0.717, 1.165) is 0 Å². The van der Waals surface area contributed by atoms with Gasteiger partial charge in [-0.15, -0.1) is 13.2 Å². The van der Waals surface area contributed by atoms with Crippen LogP contribution in [-0.2, 0) is 0 Å². The van der Waals surface area contributed by atoms with Crippen LogP contribution in [0.2, 0.25) is 0 Å². The van der Waals surface area contributed by atoms with Gasteiger partial charge in [-0.2, -0.15) is 0 Å². The average molecular weight is 273 g/mol. The maximum atomic E-state index is 3.57. The number of nitrogens with one attached hydrogen (secondary N) is 1. The van der Waals surface area contributed by atoms with E-state index in [2.05, 4.69) is 44.1 Å². The van der Waals surface area contributed by atoms with Crippen LogP contribution >= 0.6 is 0 Å². The topological polar surface area (TPSA) is 12.0 Å². The fourth-order valence-electron chi connectivity index (χ4n) is 1.04. The van der Waals surface area contributed by atoms with E-state index >= 15 is 0 Å². The number of rotatable bonds is 2. The third kappa shape index (κ3) is 25.1. The highest BCUT2D eigenvalue weighted by Crippen LogP contribution is 1.93. The lowest BCUT2D eigenvalue weighted by Crippen LogP contribution is -1.89. The highest BCUT2D eigenvalue weighted by molar-refractivity contribution is 5.19. The standard InChI is InChI=1S/C8H12.C7H8.C2H7N.C2H4/c1-4-6-8(3)7-5-2;1-7-5-3-2-4-6-7;1-3-2;1-2/h4-7H,1H2,2-3H3;2-6H,1H3;3H,1-2H3;1-2H2/b7-5-,8-6-;;;. The van der Waals surface area contributed by atoms with E-state index in [1.54, 1.807) is 6.08 Å². The van der Waals surface area contributed by atoms with Gasteiger partial charge in [0, 0.05) is 0 Å². The molecule has 0 saturated heterocycles. The predicted octanol–water partition coefficient (Wildman–Crippen LogP) is 5.33. The largest absolute Gasteiger partial charge is 0.323 e. The van der Waals surface area contributed by atoms with Gasteiger partial charge in [0.1, 0.15) is 0 Å². The first-order valence-electron chi connectivity index (χ1n) is 6.64. The maximum absolute atomic E-state index is 3.57. The minimum absolute atomic E-state index is 1.24. The van der Waals surface area contributed by atoms with Gasteiger partial charge < -0.3 is 5.32 Å². The zero-order chi connectivity index (χ0) is 16.2. The molecule has 0 amide bonds. The van der Waals surface area contributed by atoms with E-state index in [9.17, 15) is 0 Å². The van der Waals surface area contributed by atoms with Crippen LogP contribution in [0.15, 0.2) is 79.9 Å². The van der Waals surface area contributed by atoms with Gasteiger partial charge in [-0.25, -0.2) is 0 Å². The SMILES string of the molecule is C=C.C=C/C=C(C)\C=C/C.CNC.Cc1ccccc1. The molecule has 0 spiro atoms. The Morgan fingerprint density at radius 1 is 1.10 bits per heavy atom. The van der Waals surface area contributed by atoms with Gasteiger partial charge in [-0.1, -0.05) is 72.4 Å². The fraction of sp³-hybridized carbons (Fsp3) is 0.263. The second-order valence-electron chi connectivity index (χ2n) is 3.80. The Hall–Kier alpha value is -1.86. The van der Waals surface area contributed by atoms with Gasteiger partial charge in [0.25, 0.3) is 0 Å². The van der Waals surface area contributed by atoms with Crippen molar-refractivity contribution in [3.05, 3.63) is 85.5 Å². The van der Waals surface area contributed by atoms with Crippen LogP contribution in [0.1, 0.15) is 19.4 Å². The first-order valence-corrected chi connectivity index (χ1v) is 6.64. The highest BCUT2D eigenvalue weighted by atomic mass is 14.7. The number of hydrogen-bond acceptors (Lipinski definition) is 1. The summed E-state index contributed by atoms with van der Waals surface area (Å²) in [7, 11) is 3.75. The molecule has 1 N–H and O–H groups in total. The molecule has 0 saturated carbocycles. The normalized spacial score (nSPS) is 9.15. The van der Waals surface area contributed by atoms with Crippen LogP contribution in [0.5, 0.6) is 0 Å². The van der Waals surface area contributed by atoms with Crippen LogP contribution in [0.25, 0.3) is 0 Å². The fourth-order valence-corrected chi connectivity index (χ4v) is 1.04. The zero-order valence-electron chi connectivity index (χ0n) is 13.8. The van der Waals surface area contributed by atoms with Crippen LogP contribution < -0.4 is 5.32 Å². The summed E-state index contributed by atoms with van der Waals surface area (Å²) in [6, 6.07) is 10.3. The molecule has 1 aromatic rings. The van der Waals surface area contributed by atoms with Crippen molar-refractivity contribution in [3.8, 4) is 0 Å². The molecule has 0 unspecified atom stereocenters. The molecule has 20 heavy (non-hydrogen) atoms. The number of hydrogen-bond donors (Lipinski definition) is 1. The molecular formula is C19H31N. The average Bonchev–Trinajstić information content (AvgIpc) is 2.44. The summed E-state index contributed by atoms with van der Waals surface area (Å²) < 4.78 is 0. The van der Waals surface area contributed by atoms with Gasteiger partial charge >= 0.3 is 0 Å². The summed E-state index contributed by atoms with van der Waals surface area (Å²) >= 11 is 0. The molecule has 0 bridgehead atoms.